The molecule has 2 N–H and O–H groups in total. The zero-order valence-electron chi connectivity index (χ0n) is 4.58. The van der Waals surface area contributed by atoms with E-state index >= 15 is 0 Å². The molecule has 0 spiro atoms. The minimum absolute atomic E-state index is 0. The van der Waals surface area contributed by atoms with E-state index in [4.69, 9.17) is 5.11 Å². The molecule has 6 heteroatoms. The van der Waals surface area contributed by atoms with Gasteiger partial charge in [0, 0.05) is 0 Å². The van der Waals surface area contributed by atoms with E-state index in [2.05, 4.69) is 4.74 Å². The van der Waals surface area contributed by atoms with Crippen molar-refractivity contribution < 1.29 is 19.4 Å². The predicted molar refractivity (Wildman–Crippen MR) is 30.8 cm³/mol. The van der Waals surface area contributed by atoms with Gasteiger partial charge in [0.25, 0.3) is 0 Å². The number of methoxy groups -OCH3 is 1. The summed E-state index contributed by atoms with van der Waals surface area (Å²) in [5.41, 5.74) is 0. The Hall–Kier alpha value is -0.970. The first kappa shape index (κ1) is 10.9. The monoisotopic (exact) mass is 155 g/mol. The number of carboxylic acid groups (broad SMARTS) is 1. The van der Waals surface area contributed by atoms with Gasteiger partial charge in [-0.1, -0.05) is 0 Å². The maximum atomic E-state index is 9.91. The Bertz CT molecular complexity index is 114. The number of amides is 2. The second kappa shape index (κ2) is 5.17. The van der Waals surface area contributed by atoms with Crippen LogP contribution in [-0.4, -0.2) is 24.4 Å². The molecule has 54 valence electrons. The lowest BCUT2D eigenvalue weighted by Crippen LogP contribution is -2.28. The number of halogens is 1. The number of carbonyl (C=O) groups is 2. The van der Waals surface area contributed by atoms with E-state index in [1.807, 2.05) is 0 Å². The zero-order chi connectivity index (χ0) is 6.57. The lowest BCUT2D eigenvalue weighted by Gasteiger charge is -1.93. The fourth-order valence-corrected chi connectivity index (χ4v) is 0.138. The molecular formula is C3H6ClNO4. The smallest absolute Gasteiger partial charge is 0.416 e. The minimum atomic E-state index is -1.42. The van der Waals surface area contributed by atoms with Crippen molar-refractivity contribution in [1.82, 2.24) is 5.32 Å². The average molecular weight is 156 g/mol. The van der Waals surface area contributed by atoms with Gasteiger partial charge in [0.1, 0.15) is 0 Å². The van der Waals surface area contributed by atoms with Crippen molar-refractivity contribution in [3.8, 4) is 0 Å². The third kappa shape index (κ3) is 7.03. The van der Waals surface area contributed by atoms with Crippen molar-refractivity contribution >= 4 is 24.6 Å². The summed E-state index contributed by atoms with van der Waals surface area (Å²) in [4.78, 5) is 19.5. The van der Waals surface area contributed by atoms with E-state index in [0.717, 1.165) is 7.11 Å². The van der Waals surface area contributed by atoms with E-state index < -0.39 is 12.2 Å². The largest absolute Gasteiger partial charge is 0.465 e. The van der Waals surface area contributed by atoms with Crippen LogP contribution in [0.4, 0.5) is 9.59 Å². The molecule has 0 aliphatic carbocycles. The van der Waals surface area contributed by atoms with Crippen LogP contribution in [0.5, 0.6) is 0 Å². The number of rotatable bonds is 0. The van der Waals surface area contributed by atoms with Crippen LogP contribution in [0.1, 0.15) is 0 Å². The van der Waals surface area contributed by atoms with Crippen molar-refractivity contribution in [1.29, 1.82) is 0 Å². The van der Waals surface area contributed by atoms with Gasteiger partial charge in [-0.15, -0.1) is 12.4 Å². The number of carbonyl (C=O) groups excluding carboxylic acids is 1. The maximum Gasteiger partial charge on any atom is 0.416 e. The van der Waals surface area contributed by atoms with Crippen LogP contribution in [0, 0.1) is 0 Å². The van der Waals surface area contributed by atoms with Crippen LogP contribution in [-0.2, 0) is 4.74 Å². The minimum Gasteiger partial charge on any atom is -0.465 e. The molecule has 0 aliphatic rings. The molecule has 0 aromatic heterocycles. The molecule has 0 rings (SSSR count). The van der Waals surface area contributed by atoms with Gasteiger partial charge < -0.3 is 9.84 Å². The summed E-state index contributed by atoms with van der Waals surface area (Å²) >= 11 is 0. The molecule has 0 heterocycles. The highest BCUT2D eigenvalue weighted by atomic mass is 35.5. The maximum absolute atomic E-state index is 9.91. The zero-order valence-corrected chi connectivity index (χ0v) is 5.40. The Kier molecular flexibility index (Phi) is 6.27. The quantitative estimate of drug-likeness (QED) is 0.532. The lowest BCUT2D eigenvalue weighted by atomic mass is 11.0. The molecule has 0 aliphatic heterocycles. The SMILES string of the molecule is COC(=O)NC(=O)O.Cl. The Balaban J connectivity index is 0. The summed E-state index contributed by atoms with van der Waals surface area (Å²) in [7, 11) is 1.08. The Morgan fingerprint density at radius 1 is 1.56 bits per heavy atom. The summed E-state index contributed by atoms with van der Waals surface area (Å²) in [5, 5.41) is 9.25. The van der Waals surface area contributed by atoms with Gasteiger partial charge in [0.15, 0.2) is 0 Å². The van der Waals surface area contributed by atoms with E-state index in [9.17, 15) is 9.59 Å². The number of imide groups is 1. The van der Waals surface area contributed by atoms with E-state index in [1.54, 1.807) is 0 Å². The van der Waals surface area contributed by atoms with Crippen molar-refractivity contribution in [3.05, 3.63) is 0 Å². The number of ether oxygens (including phenoxy) is 1. The Labute approximate surface area is 57.4 Å². The van der Waals surface area contributed by atoms with Crippen LogP contribution in [0.25, 0.3) is 0 Å². The van der Waals surface area contributed by atoms with Crippen molar-refractivity contribution in [2.75, 3.05) is 7.11 Å². The van der Waals surface area contributed by atoms with Crippen molar-refractivity contribution in [2.45, 2.75) is 0 Å². The number of alkyl carbamates (subject to hydrolysis) is 1. The predicted octanol–water partition coefficient (Wildman–Crippen LogP) is 0.442. The molecule has 0 aromatic rings. The van der Waals surface area contributed by atoms with Gasteiger partial charge in [-0.05, 0) is 0 Å². The highest BCUT2D eigenvalue weighted by molar-refractivity contribution is 5.86. The van der Waals surface area contributed by atoms with Gasteiger partial charge in [-0.2, -0.15) is 0 Å². The van der Waals surface area contributed by atoms with E-state index in [1.165, 1.54) is 5.32 Å². The average Bonchev–Trinajstić information content (AvgIpc) is 1.65. The number of hydrogen-bond donors (Lipinski definition) is 2. The molecule has 0 radical (unpaired) electrons. The van der Waals surface area contributed by atoms with E-state index in [0.29, 0.717) is 0 Å². The van der Waals surface area contributed by atoms with Crippen molar-refractivity contribution in [2.24, 2.45) is 0 Å². The number of nitrogens with one attached hydrogen (secondary N) is 1. The Morgan fingerprint density at radius 3 is 2.11 bits per heavy atom. The van der Waals surface area contributed by atoms with Gasteiger partial charge in [0.2, 0.25) is 0 Å². The van der Waals surface area contributed by atoms with Crippen molar-refractivity contribution in [3.63, 3.8) is 0 Å². The molecule has 5 nitrogen and oxygen atoms in total. The molecule has 0 unspecified atom stereocenters. The van der Waals surface area contributed by atoms with Gasteiger partial charge in [-0.25, -0.2) is 14.9 Å². The Morgan fingerprint density at radius 2 is 2.00 bits per heavy atom. The summed E-state index contributed by atoms with van der Waals surface area (Å²) in [5.74, 6) is 0. The third-order valence-corrected chi connectivity index (χ3v) is 0.394. The van der Waals surface area contributed by atoms with Crippen LogP contribution < -0.4 is 5.32 Å². The molecular weight excluding hydrogens is 149 g/mol. The van der Waals surface area contributed by atoms with Crippen LogP contribution >= 0.6 is 12.4 Å². The van der Waals surface area contributed by atoms with Crippen LogP contribution in [0.15, 0.2) is 0 Å². The molecule has 0 bridgehead atoms. The topological polar surface area (TPSA) is 75.6 Å². The standard InChI is InChI=1S/C3H5NO4.ClH/c1-8-3(7)4-2(5)6;/h1H3,(H,4,7)(H,5,6);1H. The first-order valence-corrected chi connectivity index (χ1v) is 1.74. The first-order chi connectivity index (χ1) is 3.66. The lowest BCUT2D eigenvalue weighted by molar-refractivity contribution is 0.159. The summed E-state index contributed by atoms with van der Waals surface area (Å²) in [6.45, 7) is 0. The molecule has 2 amide bonds. The van der Waals surface area contributed by atoms with Crippen LogP contribution in [0.2, 0.25) is 0 Å². The fourth-order valence-electron chi connectivity index (χ4n) is 0.138. The summed E-state index contributed by atoms with van der Waals surface area (Å²) < 4.78 is 3.93. The summed E-state index contributed by atoms with van der Waals surface area (Å²) in [6.07, 6.45) is -2.39. The van der Waals surface area contributed by atoms with Gasteiger partial charge >= 0.3 is 12.2 Å². The summed E-state index contributed by atoms with van der Waals surface area (Å²) in [6, 6.07) is 0. The molecule has 0 fully saturated rings. The second-order valence-electron chi connectivity index (χ2n) is 0.922. The highest BCUT2D eigenvalue weighted by Gasteiger charge is 2.01. The number of hydrogen-bond acceptors (Lipinski definition) is 3. The van der Waals surface area contributed by atoms with Gasteiger partial charge in [-0.3, -0.25) is 0 Å². The molecule has 0 aromatic carbocycles. The molecule has 0 atom stereocenters. The van der Waals surface area contributed by atoms with E-state index in [-0.39, 0.29) is 12.4 Å². The molecule has 0 saturated carbocycles. The normalized spacial score (nSPS) is 6.78. The molecule has 9 heavy (non-hydrogen) atoms. The molecule has 0 saturated heterocycles. The highest BCUT2D eigenvalue weighted by Crippen LogP contribution is 1.68. The first-order valence-electron chi connectivity index (χ1n) is 1.74. The second-order valence-corrected chi connectivity index (χ2v) is 0.922. The van der Waals surface area contributed by atoms with Crippen LogP contribution in [0.3, 0.4) is 0 Å². The fraction of sp³-hybridized carbons (Fsp3) is 0.333. The third-order valence-electron chi connectivity index (χ3n) is 0.394. The van der Waals surface area contributed by atoms with Gasteiger partial charge in [0.05, 0.1) is 7.11 Å².